The van der Waals surface area contributed by atoms with Gasteiger partial charge >= 0.3 is 0 Å². The van der Waals surface area contributed by atoms with Crippen molar-refractivity contribution < 1.29 is 9.13 Å². The summed E-state index contributed by atoms with van der Waals surface area (Å²) in [7, 11) is 1.70. The summed E-state index contributed by atoms with van der Waals surface area (Å²) in [6.07, 6.45) is 10.3. The maximum Gasteiger partial charge on any atom is 0.144 e. The van der Waals surface area contributed by atoms with Gasteiger partial charge in [0.15, 0.2) is 0 Å². The molecule has 5 rings (SSSR count). The van der Waals surface area contributed by atoms with Crippen LogP contribution in [0.25, 0.3) is 5.57 Å². The second-order valence-electron chi connectivity index (χ2n) is 9.01. The fourth-order valence-corrected chi connectivity index (χ4v) is 4.95. The second-order valence-corrected chi connectivity index (χ2v) is 9.01. The number of likely N-dealkylation sites (tertiary alicyclic amines) is 1. The van der Waals surface area contributed by atoms with E-state index in [1.165, 1.54) is 17.3 Å². The van der Waals surface area contributed by atoms with Crippen LogP contribution in [0.1, 0.15) is 24.0 Å². The zero-order chi connectivity index (χ0) is 23.3. The minimum Gasteiger partial charge on any atom is -0.497 e. The van der Waals surface area contributed by atoms with E-state index in [2.05, 4.69) is 39.8 Å². The lowest BCUT2D eigenvalue weighted by atomic mass is 9.87. The third-order valence-corrected chi connectivity index (χ3v) is 6.77. The predicted molar refractivity (Wildman–Crippen MR) is 135 cm³/mol. The molecule has 176 valence electrons. The lowest BCUT2D eigenvalue weighted by molar-refractivity contribution is 0.187. The zero-order valence-corrected chi connectivity index (χ0v) is 19.5. The van der Waals surface area contributed by atoms with Gasteiger partial charge in [0, 0.05) is 36.5 Å². The summed E-state index contributed by atoms with van der Waals surface area (Å²) in [5.41, 5.74) is 5.72. The molecule has 3 aliphatic heterocycles. The average molecular weight is 459 g/mol. The van der Waals surface area contributed by atoms with Crippen molar-refractivity contribution in [1.82, 2.24) is 15.5 Å². The molecule has 0 saturated carbocycles. The average Bonchev–Trinajstić information content (AvgIpc) is 2.89. The number of hydrogen-bond donors (Lipinski definition) is 2. The van der Waals surface area contributed by atoms with E-state index >= 15 is 0 Å². The van der Waals surface area contributed by atoms with Gasteiger partial charge in [0.05, 0.1) is 7.11 Å². The number of halogens is 1. The summed E-state index contributed by atoms with van der Waals surface area (Å²) in [6.45, 7) is 3.56. The van der Waals surface area contributed by atoms with Crippen molar-refractivity contribution in [2.45, 2.75) is 25.6 Å². The first-order valence-corrected chi connectivity index (χ1v) is 11.9. The molecule has 0 bridgehead atoms. The van der Waals surface area contributed by atoms with Crippen LogP contribution in [0.4, 0.5) is 4.39 Å². The summed E-state index contributed by atoms with van der Waals surface area (Å²) in [5.74, 6) is 1.08. The molecule has 34 heavy (non-hydrogen) atoms. The topological polar surface area (TPSA) is 48.9 Å². The SMILES string of the molecule is COc1cccc(C2=C(C3CCN(Cc4cccc(F)c4)CC3)NC(C3=CCNC=C3)N=C2)c1. The fraction of sp³-hybridized carbons (Fsp3) is 0.321. The van der Waals surface area contributed by atoms with E-state index in [1.54, 1.807) is 19.2 Å². The van der Waals surface area contributed by atoms with Crippen LogP contribution in [0, 0.1) is 11.7 Å². The number of ether oxygens (including phenoxy) is 1. The largest absolute Gasteiger partial charge is 0.497 e. The normalized spacial score (nSPS) is 21.1. The Kier molecular flexibility index (Phi) is 6.77. The smallest absolute Gasteiger partial charge is 0.144 e. The number of aliphatic imine (C=N–C) groups is 1. The van der Waals surface area contributed by atoms with E-state index in [0.717, 1.165) is 61.5 Å². The Morgan fingerprint density at radius 2 is 1.97 bits per heavy atom. The van der Waals surface area contributed by atoms with E-state index in [4.69, 9.17) is 9.73 Å². The Balaban J connectivity index is 1.37. The summed E-state index contributed by atoms with van der Waals surface area (Å²) >= 11 is 0. The molecule has 2 N–H and O–H groups in total. The van der Waals surface area contributed by atoms with E-state index < -0.39 is 0 Å². The van der Waals surface area contributed by atoms with Gasteiger partial charge in [-0.05, 0) is 79.2 Å². The van der Waals surface area contributed by atoms with Crippen molar-refractivity contribution in [3.8, 4) is 5.75 Å². The van der Waals surface area contributed by atoms with Crippen LogP contribution in [0.15, 0.2) is 83.1 Å². The number of benzene rings is 2. The molecule has 0 radical (unpaired) electrons. The first kappa shape index (κ1) is 22.4. The maximum atomic E-state index is 13.6. The number of piperidine rings is 1. The van der Waals surface area contributed by atoms with E-state index in [9.17, 15) is 4.39 Å². The Morgan fingerprint density at radius 3 is 2.74 bits per heavy atom. The molecular weight excluding hydrogens is 427 g/mol. The van der Waals surface area contributed by atoms with Gasteiger partial charge in [0.25, 0.3) is 0 Å². The van der Waals surface area contributed by atoms with Crippen LogP contribution in [0.5, 0.6) is 5.75 Å². The summed E-state index contributed by atoms with van der Waals surface area (Å²) < 4.78 is 19.1. The standard InChI is InChI=1S/C28H31FN4O/c1-34-25-7-3-5-23(17-25)26-18-31-28(22-8-12-30-13-9-22)32-27(26)21-10-14-33(15-11-21)19-20-4-2-6-24(29)16-20/h2-9,12,16-18,21,28,30,32H,10-11,13-15,19H2,1H3. The highest BCUT2D eigenvalue weighted by atomic mass is 19.1. The number of rotatable bonds is 6. The molecule has 5 nitrogen and oxygen atoms in total. The molecule has 6 heteroatoms. The molecule has 1 atom stereocenters. The highest BCUT2D eigenvalue weighted by molar-refractivity contribution is 6.12. The van der Waals surface area contributed by atoms with Gasteiger partial charge < -0.3 is 15.4 Å². The Hall–Kier alpha value is -3.38. The predicted octanol–water partition coefficient (Wildman–Crippen LogP) is 4.50. The van der Waals surface area contributed by atoms with Crippen molar-refractivity contribution in [3.05, 3.63) is 95.1 Å². The number of dihydropyridines is 1. The van der Waals surface area contributed by atoms with E-state index in [0.29, 0.717) is 5.92 Å². The van der Waals surface area contributed by atoms with Crippen molar-refractivity contribution in [2.24, 2.45) is 10.9 Å². The minimum absolute atomic E-state index is 0.0759. The fourth-order valence-electron chi connectivity index (χ4n) is 4.95. The van der Waals surface area contributed by atoms with Crippen molar-refractivity contribution >= 4 is 11.8 Å². The number of methoxy groups -OCH3 is 1. The van der Waals surface area contributed by atoms with Crippen LogP contribution >= 0.6 is 0 Å². The molecule has 2 aromatic rings. The molecule has 0 amide bonds. The van der Waals surface area contributed by atoms with E-state index in [-0.39, 0.29) is 12.0 Å². The first-order chi connectivity index (χ1) is 16.7. The minimum atomic E-state index is -0.168. The number of nitrogens with one attached hydrogen (secondary N) is 2. The zero-order valence-electron chi connectivity index (χ0n) is 19.5. The van der Waals surface area contributed by atoms with Gasteiger partial charge in [0.2, 0.25) is 0 Å². The molecule has 3 aliphatic rings. The van der Waals surface area contributed by atoms with Crippen LogP contribution in [-0.4, -0.2) is 44.0 Å². The molecule has 0 aromatic heterocycles. The molecule has 2 aromatic carbocycles. The highest BCUT2D eigenvalue weighted by Crippen LogP contribution is 2.33. The number of allylic oxidation sites excluding steroid dienone is 2. The van der Waals surface area contributed by atoms with Gasteiger partial charge in [0.1, 0.15) is 17.7 Å². The first-order valence-electron chi connectivity index (χ1n) is 11.9. The lowest BCUT2D eigenvalue weighted by Gasteiger charge is -2.37. The molecule has 1 unspecified atom stereocenters. The maximum absolute atomic E-state index is 13.6. The third-order valence-electron chi connectivity index (χ3n) is 6.77. The van der Waals surface area contributed by atoms with Crippen molar-refractivity contribution in [2.75, 3.05) is 26.7 Å². The van der Waals surface area contributed by atoms with Crippen LogP contribution in [0.3, 0.4) is 0 Å². The molecule has 0 spiro atoms. The van der Waals surface area contributed by atoms with Crippen LogP contribution in [0.2, 0.25) is 0 Å². The Morgan fingerprint density at radius 1 is 1.12 bits per heavy atom. The molecule has 0 aliphatic carbocycles. The lowest BCUT2D eigenvalue weighted by Crippen LogP contribution is -2.40. The number of nitrogens with zero attached hydrogens (tertiary/aromatic N) is 2. The van der Waals surface area contributed by atoms with Crippen molar-refractivity contribution in [1.29, 1.82) is 0 Å². The van der Waals surface area contributed by atoms with Gasteiger partial charge in [-0.25, -0.2) is 4.39 Å². The summed E-state index contributed by atoms with van der Waals surface area (Å²) in [6, 6.07) is 15.1. The van der Waals surface area contributed by atoms with E-state index in [1.807, 2.05) is 30.6 Å². The third kappa shape index (κ3) is 5.07. The molecule has 3 heterocycles. The van der Waals surface area contributed by atoms with Gasteiger partial charge in [-0.3, -0.25) is 9.89 Å². The van der Waals surface area contributed by atoms with Gasteiger partial charge in [-0.1, -0.05) is 30.3 Å². The Labute approximate surface area is 200 Å². The molecule has 1 fully saturated rings. The molecular formula is C28H31FN4O. The van der Waals surface area contributed by atoms with Crippen LogP contribution < -0.4 is 15.4 Å². The monoisotopic (exact) mass is 458 g/mol. The quantitative estimate of drug-likeness (QED) is 0.669. The summed E-state index contributed by atoms with van der Waals surface area (Å²) in [5, 5.41) is 6.99. The van der Waals surface area contributed by atoms with Gasteiger partial charge in [-0.2, -0.15) is 0 Å². The Bertz CT molecular complexity index is 1140. The number of hydrogen-bond acceptors (Lipinski definition) is 5. The molecule has 1 saturated heterocycles. The van der Waals surface area contributed by atoms with Crippen molar-refractivity contribution in [3.63, 3.8) is 0 Å². The summed E-state index contributed by atoms with van der Waals surface area (Å²) in [4.78, 5) is 7.28. The van der Waals surface area contributed by atoms with Gasteiger partial charge in [-0.15, -0.1) is 0 Å². The van der Waals surface area contributed by atoms with Crippen LogP contribution in [-0.2, 0) is 6.54 Å². The second kappa shape index (κ2) is 10.3. The highest BCUT2D eigenvalue weighted by Gasteiger charge is 2.29.